The summed E-state index contributed by atoms with van der Waals surface area (Å²) in [5.41, 5.74) is 20.6. The van der Waals surface area contributed by atoms with Crippen LogP contribution in [0.4, 0.5) is 0 Å². The number of nitrogens with zero attached hydrogens (tertiary/aromatic N) is 3. The van der Waals surface area contributed by atoms with Crippen molar-refractivity contribution in [3.05, 3.63) is 240 Å². The molecule has 6 aromatic heterocycles. The molecule has 1 aliphatic rings. The number of benzene rings is 7. The molecule has 442 valence electrons. The van der Waals surface area contributed by atoms with Crippen molar-refractivity contribution in [3.63, 3.8) is 0 Å². The third-order valence-corrected chi connectivity index (χ3v) is 15.0. The number of hydrogen-bond acceptors (Lipinski definition) is 9. The Balaban J connectivity index is 0.000000142. The van der Waals surface area contributed by atoms with Gasteiger partial charge in [-0.3, -0.25) is 0 Å². The number of allylic oxidation sites excluding steroid dienone is 1. The third-order valence-electron chi connectivity index (χ3n) is 15.0. The summed E-state index contributed by atoms with van der Waals surface area (Å²) >= 11 is 0. The highest BCUT2D eigenvalue weighted by Crippen LogP contribution is 2.28. The zero-order valence-electron chi connectivity index (χ0n) is 51.5. The van der Waals surface area contributed by atoms with Crippen molar-refractivity contribution in [2.45, 2.75) is 152 Å². The summed E-state index contributed by atoms with van der Waals surface area (Å²) in [6, 6.07) is 50.3. The Hall–Kier alpha value is -8.69. The zero-order chi connectivity index (χ0) is 59.9. The van der Waals surface area contributed by atoms with Crippen LogP contribution >= 0.6 is 0 Å². The molecule has 13 aromatic rings. The Morgan fingerprint density at radius 1 is 0.294 bits per heavy atom. The fourth-order valence-corrected chi connectivity index (χ4v) is 9.33. The molecule has 0 unspecified atom stereocenters. The van der Waals surface area contributed by atoms with Gasteiger partial charge in [0.1, 0.15) is 33.3 Å². The Bertz CT molecular complexity index is 3540. The first kappa shape index (κ1) is 63.9. The molecule has 1 aliphatic carbocycles. The first-order chi connectivity index (χ1) is 40.4. The second-order valence-electron chi connectivity index (χ2n) is 23.5. The molecule has 0 saturated heterocycles. The molecule has 0 radical (unpaired) electrons. The summed E-state index contributed by atoms with van der Waals surface area (Å²) in [5, 5.41) is 3.56. The summed E-state index contributed by atoms with van der Waals surface area (Å²) in [5.74, 6) is 4.00. The zero-order valence-corrected chi connectivity index (χ0v) is 51.5. The number of hydrogen-bond donors (Lipinski definition) is 0. The highest BCUT2D eigenvalue weighted by Gasteiger charge is 2.09. The molecule has 0 N–H and O–H groups in total. The first-order valence-corrected chi connectivity index (χ1v) is 29.6. The van der Waals surface area contributed by atoms with Crippen LogP contribution in [0.2, 0.25) is 0 Å². The van der Waals surface area contributed by atoms with Gasteiger partial charge in [0.15, 0.2) is 35.9 Å². The summed E-state index contributed by atoms with van der Waals surface area (Å²) < 4.78 is 31.4. The van der Waals surface area contributed by atoms with Crippen molar-refractivity contribution in [2.75, 3.05) is 0 Å². The molecule has 9 nitrogen and oxygen atoms in total. The molecule has 0 aliphatic heterocycles. The molecule has 14 rings (SSSR count). The monoisotopic (exact) mass is 1140 g/mol. The van der Waals surface area contributed by atoms with Crippen molar-refractivity contribution < 1.29 is 26.5 Å². The van der Waals surface area contributed by atoms with Gasteiger partial charge in [-0.05, 0) is 177 Å². The first-order valence-electron chi connectivity index (χ1n) is 29.6. The minimum absolute atomic E-state index is 0. The van der Waals surface area contributed by atoms with Crippen molar-refractivity contribution in [1.82, 2.24) is 15.0 Å². The largest absolute Gasteiger partial charge is 0.464 e. The van der Waals surface area contributed by atoms with Crippen LogP contribution in [-0.2, 0) is 6.42 Å². The maximum Gasteiger partial charge on any atom is 0.181 e. The number of furan rings is 3. The predicted molar refractivity (Wildman–Crippen MR) is 355 cm³/mol. The van der Waals surface area contributed by atoms with Crippen molar-refractivity contribution in [1.29, 1.82) is 0 Å². The van der Waals surface area contributed by atoms with E-state index in [2.05, 4.69) is 215 Å². The lowest BCUT2D eigenvalue weighted by atomic mass is 9.99. The van der Waals surface area contributed by atoms with Gasteiger partial charge in [-0.1, -0.05) is 183 Å². The summed E-state index contributed by atoms with van der Waals surface area (Å²) in [6.07, 6.45) is 15.2. The van der Waals surface area contributed by atoms with E-state index in [1.807, 2.05) is 54.6 Å². The Labute approximate surface area is 503 Å². The topological polar surface area (TPSA) is 118 Å². The third kappa shape index (κ3) is 17.4. The lowest BCUT2D eigenvalue weighted by molar-refractivity contribution is 0.601. The van der Waals surface area contributed by atoms with Crippen LogP contribution in [-0.4, -0.2) is 15.0 Å². The second kappa shape index (κ2) is 30.2. The van der Waals surface area contributed by atoms with E-state index in [9.17, 15) is 0 Å². The molecular weight excluding hydrogens is 1050 g/mol. The van der Waals surface area contributed by atoms with Crippen LogP contribution in [0, 0.1) is 0 Å². The molecular formula is C76H87N3O6. The van der Waals surface area contributed by atoms with E-state index in [0.717, 1.165) is 56.5 Å². The lowest BCUT2D eigenvalue weighted by Crippen LogP contribution is -1.89. The predicted octanol–water partition coefficient (Wildman–Crippen LogP) is 23.5. The van der Waals surface area contributed by atoms with Gasteiger partial charge in [-0.25, -0.2) is 15.0 Å². The van der Waals surface area contributed by atoms with Crippen molar-refractivity contribution >= 4 is 72.3 Å². The maximum absolute atomic E-state index is 5.31. The van der Waals surface area contributed by atoms with Crippen LogP contribution in [0.1, 0.15) is 196 Å². The van der Waals surface area contributed by atoms with Crippen LogP contribution in [0.3, 0.4) is 0 Å². The molecule has 0 atom stereocenters. The highest BCUT2D eigenvalue weighted by atomic mass is 16.3. The molecule has 6 heterocycles. The molecule has 7 aromatic carbocycles. The average Bonchev–Trinajstić information content (AvgIpc) is 4.49. The standard InChI is InChI=1S/C12H14.3C11H12O.3C10H11NO.CH4/c1-9(2)11-7-6-10-4-3-5-12(10)8-11;1-8(2)9-3-4-11-10(7-9)5-6-12-11;2*1-8(2)10-4-3-9-5-6-12-11(9)7-10;1-7(2)8-3-4-10-9(5-8)11-6-12-10;2*1-7(2)8-3-4-9-10(5-8)12-6-11-9;/h3,5-9H,4H2,1-2H3;3*3-8H,1-2H3;3*3-7H,1-2H3;1H4. The van der Waals surface area contributed by atoms with Gasteiger partial charge in [0.05, 0.1) is 18.8 Å². The van der Waals surface area contributed by atoms with Crippen molar-refractivity contribution in [2.24, 2.45) is 0 Å². The van der Waals surface area contributed by atoms with Gasteiger partial charge >= 0.3 is 0 Å². The number of oxazole rings is 3. The summed E-state index contributed by atoms with van der Waals surface area (Å²) in [6.45, 7) is 30.6. The van der Waals surface area contributed by atoms with Crippen LogP contribution in [0.25, 0.3) is 72.3 Å². The maximum atomic E-state index is 5.31. The van der Waals surface area contributed by atoms with Gasteiger partial charge in [-0.15, -0.1) is 0 Å². The van der Waals surface area contributed by atoms with E-state index in [4.69, 9.17) is 26.5 Å². The fourth-order valence-electron chi connectivity index (χ4n) is 9.33. The summed E-state index contributed by atoms with van der Waals surface area (Å²) in [4.78, 5) is 12.2. The van der Waals surface area contributed by atoms with Gasteiger partial charge < -0.3 is 26.5 Å². The molecule has 0 amide bonds. The Morgan fingerprint density at radius 3 is 1.13 bits per heavy atom. The Morgan fingerprint density at radius 2 is 0.647 bits per heavy atom. The molecule has 0 bridgehead atoms. The van der Waals surface area contributed by atoms with E-state index < -0.39 is 0 Å². The van der Waals surface area contributed by atoms with Gasteiger partial charge in [0.2, 0.25) is 0 Å². The van der Waals surface area contributed by atoms with Crippen LogP contribution < -0.4 is 0 Å². The van der Waals surface area contributed by atoms with Gasteiger partial charge in [0.25, 0.3) is 0 Å². The molecule has 85 heavy (non-hydrogen) atoms. The SMILES string of the molecule is C.CC(C)c1ccc2c(c1)C=CC2.CC(C)c1ccc2ccoc2c1.CC(C)c1ccc2ccoc2c1.CC(C)c1ccc2ncoc2c1.CC(C)c1ccc2ncoc2c1.CC(C)c1ccc2occc2c1.CC(C)c1ccc2ocnc2c1. The molecule has 0 spiro atoms. The fraction of sp³-hybridized carbons (Fsp3) is 0.303. The molecule has 0 saturated carbocycles. The molecule has 0 fully saturated rings. The highest BCUT2D eigenvalue weighted by molar-refractivity contribution is 5.80. The van der Waals surface area contributed by atoms with E-state index >= 15 is 0 Å². The van der Waals surface area contributed by atoms with Gasteiger partial charge in [-0.2, -0.15) is 0 Å². The quantitative estimate of drug-likeness (QED) is 0.154. The second-order valence-corrected chi connectivity index (χ2v) is 23.5. The molecule has 9 heteroatoms. The van der Waals surface area contributed by atoms with E-state index in [1.54, 1.807) is 18.8 Å². The lowest BCUT2D eigenvalue weighted by Gasteiger charge is -2.07. The number of fused-ring (bicyclic) bond motifs is 7. The average molecular weight is 1140 g/mol. The number of aromatic nitrogens is 3. The van der Waals surface area contributed by atoms with Crippen molar-refractivity contribution in [3.8, 4) is 0 Å². The van der Waals surface area contributed by atoms with Crippen LogP contribution in [0.5, 0.6) is 0 Å². The van der Waals surface area contributed by atoms with E-state index in [-0.39, 0.29) is 7.43 Å². The van der Waals surface area contributed by atoms with Crippen LogP contribution in [0.15, 0.2) is 216 Å². The van der Waals surface area contributed by atoms with E-state index in [0.29, 0.717) is 41.4 Å². The minimum Gasteiger partial charge on any atom is -0.464 e. The normalized spacial score (nSPS) is 11.5. The minimum atomic E-state index is 0. The smallest absolute Gasteiger partial charge is 0.181 e. The van der Waals surface area contributed by atoms with E-state index in [1.165, 1.54) is 85.4 Å². The Kier molecular flexibility index (Phi) is 22.7. The summed E-state index contributed by atoms with van der Waals surface area (Å²) in [7, 11) is 0. The van der Waals surface area contributed by atoms with Gasteiger partial charge in [0, 0.05) is 16.2 Å². The number of rotatable bonds is 7.